The van der Waals surface area contributed by atoms with Crippen molar-refractivity contribution in [3.63, 3.8) is 0 Å². The van der Waals surface area contributed by atoms with Crippen LogP contribution in [0.1, 0.15) is 25.7 Å². The summed E-state index contributed by atoms with van der Waals surface area (Å²) in [5.41, 5.74) is 1.59. The summed E-state index contributed by atoms with van der Waals surface area (Å²) >= 11 is 0. The van der Waals surface area contributed by atoms with Crippen molar-refractivity contribution < 1.29 is 14.3 Å². The first-order valence-corrected chi connectivity index (χ1v) is 6.69. The molecule has 0 radical (unpaired) electrons. The molecule has 5 aliphatic rings. The third-order valence-corrected chi connectivity index (χ3v) is 6.21. The van der Waals surface area contributed by atoms with Gasteiger partial charge in [-0.1, -0.05) is 11.6 Å². The van der Waals surface area contributed by atoms with Gasteiger partial charge in [-0.25, -0.2) is 0 Å². The van der Waals surface area contributed by atoms with Crippen LogP contribution in [0, 0.1) is 35.0 Å². The van der Waals surface area contributed by atoms with E-state index in [1.54, 1.807) is 0 Å². The van der Waals surface area contributed by atoms with E-state index < -0.39 is 0 Å². The fraction of sp³-hybridized carbons (Fsp3) is 0.714. The molecule has 3 heteroatoms. The van der Waals surface area contributed by atoms with Gasteiger partial charge in [0.25, 0.3) is 0 Å². The number of carbonyl (C=O) groups is 2. The average Bonchev–Trinajstić information content (AvgIpc) is 3.01. The molecule has 3 saturated carbocycles. The second-order valence-corrected chi connectivity index (χ2v) is 6.48. The first-order valence-electron chi connectivity index (χ1n) is 6.69. The molecule has 88 valence electrons. The number of hydrogen-bond acceptors (Lipinski definition) is 3. The van der Waals surface area contributed by atoms with Gasteiger partial charge in [-0.05, 0) is 43.4 Å². The van der Waals surface area contributed by atoms with E-state index in [9.17, 15) is 9.59 Å². The molecule has 1 spiro atoms. The summed E-state index contributed by atoms with van der Waals surface area (Å²) in [5.74, 6) is 0.950. The maximum absolute atomic E-state index is 12.0. The number of allylic oxidation sites excluding steroid dienone is 2. The minimum atomic E-state index is -0.250. The van der Waals surface area contributed by atoms with Gasteiger partial charge in [0.1, 0.15) is 0 Å². The molecule has 4 fully saturated rings. The first-order chi connectivity index (χ1) is 8.22. The Hall–Kier alpha value is -1.12. The highest BCUT2D eigenvalue weighted by Crippen LogP contribution is 2.75. The lowest BCUT2D eigenvalue weighted by molar-refractivity contribution is -0.155. The van der Waals surface area contributed by atoms with Crippen LogP contribution in [0.2, 0.25) is 0 Å². The van der Waals surface area contributed by atoms with Gasteiger partial charge in [-0.3, -0.25) is 9.59 Å². The summed E-state index contributed by atoms with van der Waals surface area (Å²) in [7, 11) is 0. The molecule has 17 heavy (non-hydrogen) atoms. The number of ether oxygens (including phenoxy) is 1. The molecule has 0 aromatic rings. The fourth-order valence-corrected chi connectivity index (χ4v) is 5.86. The number of hydrogen-bond donors (Lipinski definition) is 0. The maximum atomic E-state index is 12.0. The van der Waals surface area contributed by atoms with Crippen LogP contribution in [0.25, 0.3) is 0 Å². The van der Waals surface area contributed by atoms with E-state index in [4.69, 9.17) is 4.74 Å². The van der Waals surface area contributed by atoms with E-state index in [1.807, 2.05) is 0 Å². The molecular weight excluding hydrogens is 216 g/mol. The minimum absolute atomic E-state index is 0.0570. The van der Waals surface area contributed by atoms with E-state index in [1.165, 1.54) is 24.8 Å². The molecule has 0 N–H and O–H groups in total. The Bertz CT molecular complexity index is 506. The van der Waals surface area contributed by atoms with Gasteiger partial charge in [0.05, 0.1) is 11.8 Å². The molecule has 0 aromatic heterocycles. The zero-order valence-electron chi connectivity index (χ0n) is 9.52. The SMILES string of the molecule is O=C1OC(=O)[C@H]2[C@@H]1[C@@H]1C=C3[C@H]4CC[C@H](C4)[C@@]32C1. The highest BCUT2D eigenvalue weighted by molar-refractivity contribution is 5.99. The smallest absolute Gasteiger partial charge is 0.318 e. The Kier molecular flexibility index (Phi) is 1.23. The molecule has 4 bridgehead atoms. The largest absolute Gasteiger partial charge is 0.393 e. The molecule has 3 nitrogen and oxygen atoms in total. The van der Waals surface area contributed by atoms with Crippen LogP contribution in [0.5, 0.6) is 0 Å². The zero-order valence-corrected chi connectivity index (χ0v) is 9.52. The van der Waals surface area contributed by atoms with Crippen LogP contribution in [-0.4, -0.2) is 11.9 Å². The van der Waals surface area contributed by atoms with Crippen LogP contribution in [-0.2, 0) is 14.3 Å². The fourth-order valence-electron chi connectivity index (χ4n) is 5.86. The first kappa shape index (κ1) is 8.90. The topological polar surface area (TPSA) is 43.4 Å². The van der Waals surface area contributed by atoms with E-state index >= 15 is 0 Å². The molecule has 6 atom stereocenters. The van der Waals surface area contributed by atoms with Crippen LogP contribution in [0.3, 0.4) is 0 Å². The molecule has 1 heterocycles. The van der Waals surface area contributed by atoms with Gasteiger partial charge in [-0.2, -0.15) is 0 Å². The molecule has 0 unspecified atom stereocenters. The predicted octanol–water partition coefficient (Wildman–Crippen LogP) is 1.68. The number of esters is 2. The van der Waals surface area contributed by atoms with Gasteiger partial charge < -0.3 is 4.74 Å². The second kappa shape index (κ2) is 2.36. The summed E-state index contributed by atoms with van der Waals surface area (Å²) in [6, 6.07) is 0. The highest BCUT2D eigenvalue weighted by atomic mass is 16.6. The lowest BCUT2D eigenvalue weighted by Gasteiger charge is -2.38. The summed E-state index contributed by atoms with van der Waals surface area (Å²) in [5, 5.41) is 0. The quantitative estimate of drug-likeness (QED) is 0.361. The van der Waals surface area contributed by atoms with Crippen molar-refractivity contribution >= 4 is 11.9 Å². The molecule has 1 aliphatic heterocycles. The van der Waals surface area contributed by atoms with Gasteiger partial charge in [0.2, 0.25) is 0 Å². The molecule has 0 amide bonds. The molecule has 5 rings (SSSR count). The van der Waals surface area contributed by atoms with E-state index in [-0.39, 0.29) is 29.2 Å². The van der Waals surface area contributed by atoms with Gasteiger partial charge in [0.15, 0.2) is 0 Å². The van der Waals surface area contributed by atoms with Crippen molar-refractivity contribution in [2.24, 2.45) is 35.0 Å². The molecule has 4 aliphatic carbocycles. The lowest BCUT2D eigenvalue weighted by atomic mass is 9.63. The number of carbonyl (C=O) groups excluding carboxylic acids is 2. The number of rotatable bonds is 0. The van der Waals surface area contributed by atoms with Crippen molar-refractivity contribution in [1.82, 2.24) is 0 Å². The van der Waals surface area contributed by atoms with Crippen LogP contribution < -0.4 is 0 Å². The van der Waals surface area contributed by atoms with Crippen LogP contribution in [0.15, 0.2) is 11.6 Å². The Morgan fingerprint density at radius 2 is 2.12 bits per heavy atom. The van der Waals surface area contributed by atoms with Gasteiger partial charge in [0, 0.05) is 5.41 Å². The summed E-state index contributed by atoms with van der Waals surface area (Å²) in [6.07, 6.45) is 7.19. The summed E-state index contributed by atoms with van der Waals surface area (Å²) < 4.78 is 4.91. The van der Waals surface area contributed by atoms with Crippen molar-refractivity contribution in [3.8, 4) is 0 Å². The van der Waals surface area contributed by atoms with Crippen LogP contribution in [0.4, 0.5) is 0 Å². The highest BCUT2D eigenvalue weighted by Gasteiger charge is 2.73. The van der Waals surface area contributed by atoms with Gasteiger partial charge in [-0.15, -0.1) is 0 Å². The molecular formula is C14H14O3. The molecule has 1 saturated heterocycles. The normalized spacial score (nSPS) is 57.2. The Balaban J connectivity index is 1.75. The van der Waals surface area contributed by atoms with E-state index in [0.29, 0.717) is 11.8 Å². The number of cyclic esters (lactones) is 2. The number of fused-ring (bicyclic) bond motifs is 6. The average molecular weight is 230 g/mol. The zero-order chi connectivity index (χ0) is 11.4. The predicted molar refractivity (Wildman–Crippen MR) is 57.5 cm³/mol. The van der Waals surface area contributed by atoms with Gasteiger partial charge >= 0.3 is 11.9 Å². The van der Waals surface area contributed by atoms with Crippen molar-refractivity contribution in [2.45, 2.75) is 25.7 Å². The maximum Gasteiger partial charge on any atom is 0.318 e. The summed E-state index contributed by atoms with van der Waals surface area (Å²) in [6.45, 7) is 0. The van der Waals surface area contributed by atoms with Crippen molar-refractivity contribution in [3.05, 3.63) is 11.6 Å². The minimum Gasteiger partial charge on any atom is -0.393 e. The Morgan fingerprint density at radius 1 is 1.24 bits per heavy atom. The van der Waals surface area contributed by atoms with Crippen molar-refractivity contribution in [2.75, 3.05) is 0 Å². The summed E-state index contributed by atoms with van der Waals surface area (Å²) in [4.78, 5) is 23.8. The lowest BCUT2D eigenvalue weighted by Crippen LogP contribution is -2.38. The molecule has 0 aromatic carbocycles. The van der Waals surface area contributed by atoms with E-state index in [0.717, 1.165) is 12.3 Å². The third-order valence-electron chi connectivity index (χ3n) is 6.21. The third kappa shape index (κ3) is 0.712. The standard InChI is InChI=1S/C14H14O3/c15-12-10-7-4-9-6-1-2-8(3-6)14(9,5-7)11(10)13(16)17-12/h4,6-8,10-11H,1-3,5H2/t6-,7+,8+,10-,11+,14-/m0/s1. The van der Waals surface area contributed by atoms with Crippen molar-refractivity contribution in [1.29, 1.82) is 0 Å². The van der Waals surface area contributed by atoms with E-state index in [2.05, 4.69) is 6.08 Å². The van der Waals surface area contributed by atoms with Crippen LogP contribution >= 0.6 is 0 Å². The Morgan fingerprint density at radius 3 is 3.00 bits per heavy atom. The monoisotopic (exact) mass is 230 g/mol. The second-order valence-electron chi connectivity index (χ2n) is 6.48. The Labute approximate surface area is 99.2 Å².